The summed E-state index contributed by atoms with van der Waals surface area (Å²) in [5.74, 6) is 0. The first-order valence-electron chi connectivity index (χ1n) is 4.85. The van der Waals surface area contributed by atoms with E-state index in [1.54, 1.807) is 25.3 Å². The number of nitro groups is 1. The summed E-state index contributed by atoms with van der Waals surface area (Å²) in [6.07, 6.45) is 1.67. The molecule has 0 spiro atoms. The van der Waals surface area contributed by atoms with Crippen LogP contribution in [-0.2, 0) is 0 Å². The molecule has 2 aromatic rings. The van der Waals surface area contributed by atoms with E-state index in [1.807, 2.05) is 13.0 Å². The fraction of sp³-hybridized carbons (Fsp3) is 0.182. The molecule has 0 aliphatic carbocycles. The number of aromatic amines is 1. The molecular weight excluding hydrogens is 206 g/mol. The van der Waals surface area contributed by atoms with Crippen LogP contribution in [0.2, 0.25) is 0 Å². The second-order valence-corrected chi connectivity index (χ2v) is 3.67. The third-order valence-electron chi connectivity index (χ3n) is 2.55. The molecule has 5 nitrogen and oxygen atoms in total. The third-order valence-corrected chi connectivity index (χ3v) is 2.55. The average molecular weight is 217 g/mol. The Hall–Kier alpha value is -2.17. The summed E-state index contributed by atoms with van der Waals surface area (Å²) >= 11 is 0. The number of aryl methyl sites for hydroxylation is 2. The van der Waals surface area contributed by atoms with E-state index >= 15 is 0 Å². The SMILES string of the molecule is Cc1ccc(-c2cn[nH]c2C)cc1[N+](=O)[O-]. The number of nitrogens with one attached hydrogen (secondary N) is 1. The van der Waals surface area contributed by atoms with Crippen molar-refractivity contribution in [3.05, 3.63) is 45.8 Å². The number of H-pyrrole nitrogens is 1. The van der Waals surface area contributed by atoms with Crippen molar-refractivity contribution >= 4 is 5.69 Å². The van der Waals surface area contributed by atoms with Crippen LogP contribution >= 0.6 is 0 Å². The first kappa shape index (κ1) is 10.4. The summed E-state index contributed by atoms with van der Waals surface area (Å²) in [7, 11) is 0. The lowest BCUT2D eigenvalue weighted by atomic mass is 10.0. The van der Waals surface area contributed by atoms with Crippen molar-refractivity contribution in [2.24, 2.45) is 0 Å². The van der Waals surface area contributed by atoms with Crippen LogP contribution in [0.5, 0.6) is 0 Å². The van der Waals surface area contributed by atoms with E-state index in [1.165, 1.54) is 0 Å². The average Bonchev–Trinajstić information content (AvgIpc) is 2.65. The zero-order valence-electron chi connectivity index (χ0n) is 9.02. The molecule has 0 unspecified atom stereocenters. The molecule has 0 saturated carbocycles. The standard InChI is InChI=1S/C11H11N3O2/c1-7-3-4-9(5-11(7)14(15)16)10-6-12-13-8(10)2/h3-6H,1-2H3,(H,12,13). The van der Waals surface area contributed by atoms with Crippen LogP contribution in [0, 0.1) is 24.0 Å². The smallest absolute Gasteiger partial charge is 0.272 e. The van der Waals surface area contributed by atoms with Crippen LogP contribution < -0.4 is 0 Å². The highest BCUT2D eigenvalue weighted by atomic mass is 16.6. The lowest BCUT2D eigenvalue weighted by Crippen LogP contribution is -1.92. The van der Waals surface area contributed by atoms with Gasteiger partial charge in [-0.1, -0.05) is 12.1 Å². The van der Waals surface area contributed by atoms with E-state index < -0.39 is 0 Å². The topological polar surface area (TPSA) is 71.8 Å². The van der Waals surface area contributed by atoms with Gasteiger partial charge in [0.15, 0.2) is 0 Å². The fourth-order valence-corrected chi connectivity index (χ4v) is 1.62. The molecule has 1 aromatic carbocycles. The highest BCUT2D eigenvalue weighted by Gasteiger charge is 2.13. The van der Waals surface area contributed by atoms with Crippen LogP contribution in [0.1, 0.15) is 11.3 Å². The predicted molar refractivity (Wildman–Crippen MR) is 60.2 cm³/mol. The van der Waals surface area contributed by atoms with Gasteiger partial charge in [-0.3, -0.25) is 15.2 Å². The molecule has 0 amide bonds. The van der Waals surface area contributed by atoms with E-state index in [0.717, 1.165) is 16.8 Å². The highest BCUT2D eigenvalue weighted by molar-refractivity contribution is 5.68. The van der Waals surface area contributed by atoms with Crippen LogP contribution in [0.25, 0.3) is 11.1 Å². The Balaban J connectivity index is 2.56. The third kappa shape index (κ3) is 1.67. The first-order chi connectivity index (χ1) is 7.59. The minimum absolute atomic E-state index is 0.137. The molecule has 0 saturated heterocycles. The fourth-order valence-electron chi connectivity index (χ4n) is 1.62. The summed E-state index contributed by atoms with van der Waals surface area (Å²) in [5, 5.41) is 17.5. The van der Waals surface area contributed by atoms with Gasteiger partial charge in [-0.25, -0.2) is 0 Å². The molecule has 82 valence electrons. The Morgan fingerprint density at radius 3 is 2.69 bits per heavy atom. The molecule has 0 aliphatic rings. The zero-order chi connectivity index (χ0) is 11.7. The Bertz CT molecular complexity index is 546. The Labute approximate surface area is 92.3 Å². The maximum Gasteiger partial charge on any atom is 0.272 e. The Morgan fingerprint density at radius 1 is 1.38 bits per heavy atom. The molecule has 0 radical (unpaired) electrons. The normalized spacial score (nSPS) is 10.4. The number of nitro benzene ring substituents is 1. The van der Waals surface area contributed by atoms with Gasteiger partial charge in [0.2, 0.25) is 0 Å². The molecule has 2 rings (SSSR count). The largest absolute Gasteiger partial charge is 0.282 e. The maximum atomic E-state index is 10.8. The molecule has 16 heavy (non-hydrogen) atoms. The van der Waals surface area contributed by atoms with E-state index in [9.17, 15) is 10.1 Å². The lowest BCUT2D eigenvalue weighted by molar-refractivity contribution is -0.385. The number of rotatable bonds is 2. The van der Waals surface area contributed by atoms with Gasteiger partial charge in [0.1, 0.15) is 0 Å². The summed E-state index contributed by atoms with van der Waals surface area (Å²) in [4.78, 5) is 10.4. The summed E-state index contributed by atoms with van der Waals surface area (Å²) < 4.78 is 0. The summed E-state index contributed by atoms with van der Waals surface area (Å²) in [6, 6.07) is 5.19. The van der Waals surface area contributed by atoms with Gasteiger partial charge in [0.25, 0.3) is 5.69 Å². The van der Waals surface area contributed by atoms with Crippen molar-refractivity contribution in [2.75, 3.05) is 0 Å². The molecule has 0 fully saturated rings. The van der Waals surface area contributed by atoms with Gasteiger partial charge in [0.05, 0.1) is 11.1 Å². The Morgan fingerprint density at radius 2 is 2.12 bits per heavy atom. The molecule has 0 aliphatic heterocycles. The van der Waals surface area contributed by atoms with Gasteiger partial charge in [-0.2, -0.15) is 5.10 Å². The molecular formula is C11H11N3O2. The van der Waals surface area contributed by atoms with Gasteiger partial charge in [0, 0.05) is 22.9 Å². The minimum Gasteiger partial charge on any atom is -0.282 e. The van der Waals surface area contributed by atoms with Gasteiger partial charge in [-0.05, 0) is 19.4 Å². The summed E-state index contributed by atoms with van der Waals surface area (Å²) in [6.45, 7) is 3.61. The summed E-state index contributed by atoms with van der Waals surface area (Å²) in [5.41, 5.74) is 3.40. The quantitative estimate of drug-likeness (QED) is 0.620. The highest BCUT2D eigenvalue weighted by Crippen LogP contribution is 2.27. The van der Waals surface area contributed by atoms with Crippen LogP contribution in [0.15, 0.2) is 24.4 Å². The van der Waals surface area contributed by atoms with Crippen molar-refractivity contribution in [3.63, 3.8) is 0 Å². The van der Waals surface area contributed by atoms with E-state index in [2.05, 4.69) is 10.2 Å². The second-order valence-electron chi connectivity index (χ2n) is 3.67. The molecule has 1 aromatic heterocycles. The maximum absolute atomic E-state index is 10.8. The zero-order valence-corrected chi connectivity index (χ0v) is 9.02. The first-order valence-corrected chi connectivity index (χ1v) is 4.85. The number of benzene rings is 1. The number of hydrogen-bond donors (Lipinski definition) is 1. The van der Waals surface area contributed by atoms with Gasteiger partial charge in [-0.15, -0.1) is 0 Å². The molecule has 5 heteroatoms. The van der Waals surface area contributed by atoms with Crippen molar-refractivity contribution < 1.29 is 4.92 Å². The van der Waals surface area contributed by atoms with E-state index in [-0.39, 0.29) is 10.6 Å². The Kier molecular flexibility index (Phi) is 2.44. The van der Waals surface area contributed by atoms with Crippen molar-refractivity contribution in [2.45, 2.75) is 13.8 Å². The van der Waals surface area contributed by atoms with Crippen molar-refractivity contribution in [3.8, 4) is 11.1 Å². The van der Waals surface area contributed by atoms with Crippen LogP contribution in [0.3, 0.4) is 0 Å². The van der Waals surface area contributed by atoms with Crippen molar-refractivity contribution in [1.29, 1.82) is 0 Å². The number of hydrogen-bond acceptors (Lipinski definition) is 3. The number of aromatic nitrogens is 2. The number of nitrogens with zero attached hydrogens (tertiary/aromatic N) is 2. The molecule has 1 N–H and O–H groups in total. The minimum atomic E-state index is -0.367. The lowest BCUT2D eigenvalue weighted by Gasteiger charge is -2.01. The van der Waals surface area contributed by atoms with Gasteiger partial charge < -0.3 is 0 Å². The predicted octanol–water partition coefficient (Wildman–Crippen LogP) is 2.60. The molecule has 0 bridgehead atoms. The van der Waals surface area contributed by atoms with E-state index in [0.29, 0.717) is 5.56 Å². The monoisotopic (exact) mass is 217 g/mol. The van der Waals surface area contributed by atoms with Crippen LogP contribution in [-0.4, -0.2) is 15.1 Å². The molecule has 1 heterocycles. The van der Waals surface area contributed by atoms with Crippen molar-refractivity contribution in [1.82, 2.24) is 10.2 Å². The molecule has 0 atom stereocenters. The van der Waals surface area contributed by atoms with Crippen LogP contribution in [0.4, 0.5) is 5.69 Å². The van der Waals surface area contributed by atoms with Gasteiger partial charge >= 0.3 is 0 Å². The van der Waals surface area contributed by atoms with E-state index in [4.69, 9.17) is 0 Å². The second kappa shape index (κ2) is 3.77.